The fourth-order valence-electron chi connectivity index (χ4n) is 2.83. The second-order valence-electron chi connectivity index (χ2n) is 5.58. The molecule has 0 aromatic heterocycles. The first-order valence-electron chi connectivity index (χ1n) is 7.15. The van der Waals surface area contributed by atoms with Crippen LogP contribution in [-0.4, -0.2) is 31.9 Å². The van der Waals surface area contributed by atoms with Crippen LogP contribution in [0.2, 0.25) is 0 Å². The van der Waals surface area contributed by atoms with Crippen LogP contribution in [0.3, 0.4) is 0 Å². The van der Waals surface area contributed by atoms with E-state index in [1.54, 1.807) is 0 Å². The second-order valence-corrected chi connectivity index (χ2v) is 7.52. The van der Waals surface area contributed by atoms with Gasteiger partial charge < -0.3 is 5.73 Å². The Hall–Kier alpha value is -1.54. The van der Waals surface area contributed by atoms with Crippen molar-refractivity contribution in [1.82, 2.24) is 4.31 Å². The molecule has 0 radical (unpaired) electrons. The highest BCUT2D eigenvalue weighted by Crippen LogP contribution is 2.30. The second kappa shape index (κ2) is 7.14. The highest BCUT2D eigenvalue weighted by molar-refractivity contribution is 7.89. The van der Waals surface area contributed by atoms with Gasteiger partial charge in [0, 0.05) is 25.0 Å². The quantitative estimate of drug-likeness (QED) is 0.897. The lowest BCUT2D eigenvalue weighted by Crippen LogP contribution is -2.32. The molecule has 1 aliphatic rings. The lowest BCUT2D eigenvalue weighted by atomic mass is 9.95. The number of halogens is 3. The maximum atomic E-state index is 13.3. The van der Waals surface area contributed by atoms with Crippen molar-refractivity contribution in [3.63, 3.8) is 0 Å². The molecule has 0 unspecified atom stereocenters. The molecule has 4 nitrogen and oxygen atoms in total. The van der Waals surface area contributed by atoms with E-state index in [0.717, 1.165) is 17.7 Å². The van der Waals surface area contributed by atoms with Gasteiger partial charge in [-0.05, 0) is 23.8 Å². The van der Waals surface area contributed by atoms with Crippen molar-refractivity contribution in [3.05, 3.63) is 65.7 Å². The van der Waals surface area contributed by atoms with Crippen LogP contribution in [-0.2, 0) is 10.0 Å². The fourth-order valence-corrected chi connectivity index (χ4v) is 4.34. The van der Waals surface area contributed by atoms with E-state index in [1.165, 1.54) is 4.31 Å². The highest BCUT2D eigenvalue weighted by Gasteiger charge is 2.38. The molecule has 1 heterocycles. The molecule has 2 N–H and O–H groups in total. The van der Waals surface area contributed by atoms with E-state index in [-0.39, 0.29) is 42.4 Å². The molecule has 2 atom stereocenters. The number of benzene rings is 2. The third-order valence-electron chi connectivity index (χ3n) is 4.09. The van der Waals surface area contributed by atoms with Crippen molar-refractivity contribution >= 4 is 22.4 Å². The van der Waals surface area contributed by atoms with Gasteiger partial charge in [-0.2, -0.15) is 4.31 Å². The molecule has 130 valence electrons. The molecule has 2 aromatic rings. The smallest absolute Gasteiger partial charge is 0.243 e. The lowest BCUT2D eigenvalue weighted by molar-refractivity contribution is 0.466. The standard InChI is InChI=1S/C16H16F2N2O2S.ClH/c17-14-7-6-12(8-15(14)18)23(21,22)20-9-13(16(19)10-20)11-4-2-1-3-5-11;/h1-8,13,16H,9-10,19H2;1H/t13-,16+;/m0./s1. The van der Waals surface area contributed by atoms with Crippen LogP contribution in [0.5, 0.6) is 0 Å². The van der Waals surface area contributed by atoms with Crippen LogP contribution in [0.25, 0.3) is 0 Å². The minimum Gasteiger partial charge on any atom is -0.326 e. The topological polar surface area (TPSA) is 63.4 Å². The molecule has 0 bridgehead atoms. The van der Waals surface area contributed by atoms with Crippen LogP contribution in [0.4, 0.5) is 8.78 Å². The highest BCUT2D eigenvalue weighted by atomic mass is 35.5. The summed E-state index contributed by atoms with van der Waals surface area (Å²) >= 11 is 0. The molecule has 0 aliphatic carbocycles. The SMILES string of the molecule is Cl.N[C@@H]1CN(S(=O)(=O)c2ccc(F)c(F)c2)C[C@H]1c1ccccc1. The summed E-state index contributed by atoms with van der Waals surface area (Å²) in [5, 5.41) is 0. The Morgan fingerprint density at radius 2 is 1.67 bits per heavy atom. The third kappa shape index (κ3) is 3.44. The molecule has 1 saturated heterocycles. The first-order chi connectivity index (χ1) is 10.9. The van der Waals surface area contributed by atoms with Gasteiger partial charge in [0.2, 0.25) is 10.0 Å². The van der Waals surface area contributed by atoms with Crippen LogP contribution in [0.15, 0.2) is 53.4 Å². The van der Waals surface area contributed by atoms with Crippen molar-refractivity contribution in [2.24, 2.45) is 5.73 Å². The molecular formula is C16H17ClF2N2O2S. The van der Waals surface area contributed by atoms with Crippen molar-refractivity contribution in [2.75, 3.05) is 13.1 Å². The van der Waals surface area contributed by atoms with E-state index in [4.69, 9.17) is 5.73 Å². The fraction of sp³-hybridized carbons (Fsp3) is 0.250. The normalized spacial score (nSPS) is 21.5. The van der Waals surface area contributed by atoms with Crippen LogP contribution >= 0.6 is 12.4 Å². The van der Waals surface area contributed by atoms with E-state index in [1.807, 2.05) is 30.3 Å². The number of nitrogens with zero attached hydrogens (tertiary/aromatic N) is 1. The number of hydrogen-bond donors (Lipinski definition) is 1. The van der Waals surface area contributed by atoms with Gasteiger partial charge in [0.05, 0.1) is 4.90 Å². The predicted octanol–water partition coefficient (Wildman–Crippen LogP) is 2.50. The van der Waals surface area contributed by atoms with Gasteiger partial charge in [-0.25, -0.2) is 17.2 Å². The number of rotatable bonds is 3. The molecule has 1 fully saturated rings. The summed E-state index contributed by atoms with van der Waals surface area (Å²) in [6, 6.07) is 11.6. The molecule has 24 heavy (non-hydrogen) atoms. The number of sulfonamides is 1. The summed E-state index contributed by atoms with van der Waals surface area (Å²) in [6.07, 6.45) is 0. The van der Waals surface area contributed by atoms with Crippen molar-refractivity contribution in [2.45, 2.75) is 16.9 Å². The van der Waals surface area contributed by atoms with Crippen molar-refractivity contribution < 1.29 is 17.2 Å². The zero-order valence-corrected chi connectivity index (χ0v) is 14.2. The van der Waals surface area contributed by atoms with Gasteiger partial charge >= 0.3 is 0 Å². The van der Waals surface area contributed by atoms with Crippen molar-refractivity contribution in [1.29, 1.82) is 0 Å². The molecule has 0 amide bonds. The monoisotopic (exact) mass is 374 g/mol. The van der Waals surface area contributed by atoms with Crippen LogP contribution < -0.4 is 5.73 Å². The van der Waals surface area contributed by atoms with E-state index in [2.05, 4.69) is 0 Å². The first-order valence-corrected chi connectivity index (χ1v) is 8.59. The van der Waals surface area contributed by atoms with Gasteiger partial charge in [-0.1, -0.05) is 30.3 Å². The summed E-state index contributed by atoms with van der Waals surface area (Å²) in [6.45, 7) is 0.355. The third-order valence-corrected chi connectivity index (χ3v) is 5.92. The maximum absolute atomic E-state index is 13.3. The zero-order valence-electron chi connectivity index (χ0n) is 12.6. The molecule has 0 spiro atoms. The van der Waals surface area contributed by atoms with E-state index < -0.39 is 21.7 Å². The van der Waals surface area contributed by atoms with Gasteiger partial charge in [-0.15, -0.1) is 12.4 Å². The zero-order chi connectivity index (χ0) is 16.6. The van der Waals surface area contributed by atoms with Crippen molar-refractivity contribution in [3.8, 4) is 0 Å². The Morgan fingerprint density at radius 1 is 1.00 bits per heavy atom. The molecule has 0 saturated carbocycles. The van der Waals surface area contributed by atoms with Gasteiger partial charge in [0.25, 0.3) is 0 Å². The van der Waals surface area contributed by atoms with E-state index >= 15 is 0 Å². The summed E-state index contributed by atoms with van der Waals surface area (Å²) in [4.78, 5) is -0.266. The summed E-state index contributed by atoms with van der Waals surface area (Å²) in [5.74, 6) is -2.39. The Balaban J connectivity index is 0.00000208. The van der Waals surface area contributed by atoms with Crippen LogP contribution in [0.1, 0.15) is 11.5 Å². The van der Waals surface area contributed by atoms with Gasteiger partial charge in [0.15, 0.2) is 11.6 Å². The molecule has 8 heteroatoms. The molecular weight excluding hydrogens is 358 g/mol. The molecule has 1 aliphatic heterocycles. The Kier molecular flexibility index (Phi) is 5.59. The van der Waals surface area contributed by atoms with Crippen LogP contribution in [0, 0.1) is 11.6 Å². The van der Waals surface area contributed by atoms with E-state index in [0.29, 0.717) is 6.07 Å². The van der Waals surface area contributed by atoms with Gasteiger partial charge in [0.1, 0.15) is 0 Å². The predicted molar refractivity (Wildman–Crippen MR) is 89.5 cm³/mol. The Labute approximate surface area is 145 Å². The minimum atomic E-state index is -3.91. The van der Waals surface area contributed by atoms with E-state index in [9.17, 15) is 17.2 Å². The average Bonchev–Trinajstić information content (AvgIpc) is 2.93. The molecule has 3 rings (SSSR count). The summed E-state index contributed by atoms with van der Waals surface area (Å²) < 4.78 is 52.8. The lowest BCUT2D eigenvalue weighted by Gasteiger charge is -2.16. The maximum Gasteiger partial charge on any atom is 0.243 e. The molecule has 2 aromatic carbocycles. The Bertz CT molecular complexity index is 818. The number of hydrogen-bond acceptors (Lipinski definition) is 3. The summed E-state index contributed by atoms with van der Waals surface area (Å²) in [7, 11) is -3.91. The minimum absolute atomic E-state index is 0. The first kappa shape index (κ1) is 18.8. The van der Waals surface area contributed by atoms with Gasteiger partial charge in [-0.3, -0.25) is 0 Å². The Morgan fingerprint density at radius 3 is 2.29 bits per heavy atom. The number of nitrogens with two attached hydrogens (primary N) is 1. The average molecular weight is 375 g/mol. The largest absolute Gasteiger partial charge is 0.326 e. The summed E-state index contributed by atoms with van der Waals surface area (Å²) in [5.41, 5.74) is 7.05.